The molecule has 2 rings (SSSR count). The summed E-state index contributed by atoms with van der Waals surface area (Å²) in [6.07, 6.45) is 3.64. The van der Waals surface area contributed by atoms with Crippen LogP contribution in [0, 0.1) is 11.8 Å². The van der Waals surface area contributed by atoms with Crippen molar-refractivity contribution in [1.29, 1.82) is 0 Å². The van der Waals surface area contributed by atoms with Crippen molar-refractivity contribution in [1.82, 2.24) is 0 Å². The van der Waals surface area contributed by atoms with Gasteiger partial charge in [0.1, 0.15) is 0 Å². The molecule has 0 aromatic heterocycles. The van der Waals surface area contributed by atoms with Crippen LogP contribution in [0.2, 0.25) is 0 Å². The second kappa shape index (κ2) is 1.84. The molecule has 0 heterocycles. The molecule has 3 atom stereocenters. The number of carbonyl (C=O) groups is 1. The first-order chi connectivity index (χ1) is 4.64. The average Bonchev–Trinajstić information content (AvgIpc) is 2.31. The second-order valence-corrected chi connectivity index (χ2v) is 5.23. The third kappa shape index (κ3) is 0.609. The zero-order chi connectivity index (χ0) is 7.35. The van der Waals surface area contributed by atoms with E-state index in [9.17, 15) is 4.79 Å². The summed E-state index contributed by atoms with van der Waals surface area (Å²) < 4.78 is -0.145. The summed E-state index contributed by atoms with van der Waals surface area (Å²) >= 11 is 3.49. The van der Waals surface area contributed by atoms with Gasteiger partial charge in [-0.15, -0.1) is 0 Å². The van der Waals surface area contributed by atoms with E-state index in [1.165, 1.54) is 12.8 Å². The van der Waals surface area contributed by atoms with Crippen molar-refractivity contribution in [3.05, 3.63) is 0 Å². The highest BCUT2D eigenvalue weighted by Crippen LogP contribution is 2.54. The first-order valence-electron chi connectivity index (χ1n) is 3.87. The molecule has 0 saturated heterocycles. The molecule has 2 heteroatoms. The maximum atomic E-state index is 11.3. The van der Waals surface area contributed by atoms with Crippen molar-refractivity contribution in [2.45, 2.75) is 30.5 Å². The molecule has 2 aliphatic rings. The van der Waals surface area contributed by atoms with E-state index in [-0.39, 0.29) is 4.32 Å². The molecule has 0 aromatic rings. The number of alkyl halides is 1. The van der Waals surface area contributed by atoms with Crippen LogP contribution in [0.1, 0.15) is 26.2 Å². The number of hydrogen-bond donors (Lipinski definition) is 0. The lowest BCUT2D eigenvalue weighted by Crippen LogP contribution is -2.54. The maximum Gasteiger partial charge on any atom is 0.152 e. The smallest absolute Gasteiger partial charge is 0.152 e. The molecule has 0 N–H and O–H groups in total. The van der Waals surface area contributed by atoms with Gasteiger partial charge in [0.05, 0.1) is 4.32 Å². The zero-order valence-electron chi connectivity index (χ0n) is 6.06. The van der Waals surface area contributed by atoms with E-state index in [0.717, 1.165) is 6.42 Å². The van der Waals surface area contributed by atoms with Crippen LogP contribution in [0.4, 0.5) is 0 Å². The van der Waals surface area contributed by atoms with Gasteiger partial charge in [0.25, 0.3) is 0 Å². The van der Waals surface area contributed by atoms with Crippen molar-refractivity contribution in [2.75, 3.05) is 0 Å². The van der Waals surface area contributed by atoms with Gasteiger partial charge in [-0.25, -0.2) is 0 Å². The highest BCUT2D eigenvalue weighted by molar-refractivity contribution is 9.10. The Bertz CT molecular complexity index is 186. The first kappa shape index (κ1) is 6.84. The zero-order valence-corrected chi connectivity index (χ0v) is 7.65. The SMILES string of the molecule is C[C@]1(Br)C(=O)[C@@H]2CCC[C@@H]21. The third-order valence-electron chi connectivity index (χ3n) is 3.03. The van der Waals surface area contributed by atoms with Gasteiger partial charge >= 0.3 is 0 Å². The third-order valence-corrected chi connectivity index (χ3v) is 4.01. The Kier molecular flexibility index (Phi) is 1.26. The molecular formula is C8H11BrO. The summed E-state index contributed by atoms with van der Waals surface area (Å²) in [7, 11) is 0. The van der Waals surface area contributed by atoms with Crippen LogP contribution in [-0.2, 0) is 4.79 Å². The number of Topliss-reactive ketones (excluding diaryl/α,β-unsaturated/α-hetero) is 1. The normalized spacial score (nSPS) is 52.4. The molecule has 2 saturated carbocycles. The van der Waals surface area contributed by atoms with Crippen molar-refractivity contribution >= 4 is 21.7 Å². The maximum absolute atomic E-state index is 11.3. The molecule has 0 unspecified atom stereocenters. The van der Waals surface area contributed by atoms with E-state index in [4.69, 9.17) is 0 Å². The first-order valence-corrected chi connectivity index (χ1v) is 4.66. The van der Waals surface area contributed by atoms with Crippen LogP contribution in [0.25, 0.3) is 0 Å². The molecule has 10 heavy (non-hydrogen) atoms. The molecular weight excluding hydrogens is 192 g/mol. The Morgan fingerprint density at radius 3 is 2.90 bits per heavy atom. The van der Waals surface area contributed by atoms with Gasteiger partial charge in [0.2, 0.25) is 0 Å². The lowest BCUT2D eigenvalue weighted by molar-refractivity contribution is -0.136. The Morgan fingerprint density at radius 2 is 2.30 bits per heavy atom. The predicted octanol–water partition coefficient (Wildman–Crippen LogP) is 2.14. The molecule has 0 spiro atoms. The topological polar surface area (TPSA) is 17.1 Å². The molecule has 0 aromatic carbocycles. The van der Waals surface area contributed by atoms with Crippen molar-refractivity contribution in [2.24, 2.45) is 11.8 Å². The van der Waals surface area contributed by atoms with E-state index in [0.29, 0.717) is 17.6 Å². The van der Waals surface area contributed by atoms with Gasteiger partial charge < -0.3 is 0 Å². The quantitative estimate of drug-likeness (QED) is 0.551. The van der Waals surface area contributed by atoms with Crippen LogP contribution in [0.15, 0.2) is 0 Å². The Hall–Kier alpha value is 0.150. The molecule has 0 radical (unpaired) electrons. The minimum absolute atomic E-state index is 0.145. The number of halogens is 1. The van der Waals surface area contributed by atoms with E-state index >= 15 is 0 Å². The van der Waals surface area contributed by atoms with Gasteiger partial charge in [0, 0.05) is 5.92 Å². The van der Waals surface area contributed by atoms with Crippen molar-refractivity contribution in [3.63, 3.8) is 0 Å². The molecule has 2 fully saturated rings. The summed E-state index contributed by atoms with van der Waals surface area (Å²) in [4.78, 5) is 11.3. The standard InChI is InChI=1S/C8H11BrO/c1-8(9)6-4-2-3-5(6)7(8)10/h5-6H,2-4H2,1H3/t5-,6+,8-/m1/s1. The number of carbonyl (C=O) groups excluding carboxylic acids is 1. The van der Waals surface area contributed by atoms with Gasteiger partial charge in [-0.05, 0) is 25.7 Å². The highest BCUT2D eigenvalue weighted by atomic mass is 79.9. The van der Waals surface area contributed by atoms with Crippen LogP contribution in [0.5, 0.6) is 0 Å². The van der Waals surface area contributed by atoms with Gasteiger partial charge in [-0.1, -0.05) is 22.4 Å². The lowest BCUT2D eigenvalue weighted by Gasteiger charge is -2.44. The van der Waals surface area contributed by atoms with Crippen LogP contribution in [-0.4, -0.2) is 10.1 Å². The van der Waals surface area contributed by atoms with Crippen LogP contribution >= 0.6 is 15.9 Å². The van der Waals surface area contributed by atoms with Gasteiger partial charge in [-0.3, -0.25) is 4.79 Å². The van der Waals surface area contributed by atoms with E-state index in [2.05, 4.69) is 15.9 Å². The van der Waals surface area contributed by atoms with Crippen molar-refractivity contribution < 1.29 is 4.79 Å². The summed E-state index contributed by atoms with van der Waals surface area (Å²) in [5, 5.41) is 0. The highest BCUT2D eigenvalue weighted by Gasteiger charge is 2.58. The Labute approximate surface area is 69.3 Å². The molecule has 56 valence electrons. The minimum Gasteiger partial charge on any atom is -0.298 e. The lowest BCUT2D eigenvalue weighted by atomic mass is 9.66. The average molecular weight is 203 g/mol. The van der Waals surface area contributed by atoms with E-state index in [1.54, 1.807) is 0 Å². The van der Waals surface area contributed by atoms with Gasteiger partial charge in [0.15, 0.2) is 5.78 Å². The van der Waals surface area contributed by atoms with Gasteiger partial charge in [-0.2, -0.15) is 0 Å². The summed E-state index contributed by atoms with van der Waals surface area (Å²) in [6, 6.07) is 0. The van der Waals surface area contributed by atoms with E-state index in [1.807, 2.05) is 6.92 Å². The fourth-order valence-corrected chi connectivity index (χ4v) is 3.21. The largest absolute Gasteiger partial charge is 0.298 e. The van der Waals surface area contributed by atoms with Crippen molar-refractivity contribution in [3.8, 4) is 0 Å². The Morgan fingerprint density at radius 1 is 1.60 bits per heavy atom. The van der Waals surface area contributed by atoms with Crippen LogP contribution in [0.3, 0.4) is 0 Å². The molecule has 1 nitrogen and oxygen atoms in total. The summed E-state index contributed by atoms with van der Waals surface area (Å²) in [5.41, 5.74) is 0. The predicted molar refractivity (Wildman–Crippen MR) is 43.2 cm³/mol. The fraction of sp³-hybridized carbons (Fsp3) is 0.875. The molecule has 0 bridgehead atoms. The molecule has 0 aliphatic heterocycles. The molecule has 0 amide bonds. The van der Waals surface area contributed by atoms with Crippen LogP contribution < -0.4 is 0 Å². The monoisotopic (exact) mass is 202 g/mol. The van der Waals surface area contributed by atoms with E-state index < -0.39 is 0 Å². The Balaban J connectivity index is 2.23. The summed E-state index contributed by atoms with van der Waals surface area (Å²) in [6.45, 7) is 2.02. The summed E-state index contributed by atoms with van der Waals surface area (Å²) in [5.74, 6) is 1.51. The number of rotatable bonds is 0. The number of ketones is 1. The minimum atomic E-state index is -0.145. The number of hydrogen-bond acceptors (Lipinski definition) is 1. The molecule has 2 aliphatic carbocycles. The fourth-order valence-electron chi connectivity index (χ4n) is 2.37. The second-order valence-electron chi connectivity index (χ2n) is 3.58. The number of fused-ring (bicyclic) bond motifs is 1.